The summed E-state index contributed by atoms with van der Waals surface area (Å²) in [6.07, 6.45) is -3.16. The SMILES string of the molecule is CNC(=O)C(=O)NC[C@H](Nc1ccc(Nc2nc(NC3(c4ccc(Cl)cc4)CC3)nc(OCC(F)(F)F)n2)cc1)C(=O)O. The second-order valence-corrected chi connectivity index (χ2v) is 9.85. The van der Waals surface area contributed by atoms with Gasteiger partial charge in [-0.3, -0.25) is 9.59 Å². The molecule has 0 radical (unpaired) electrons. The van der Waals surface area contributed by atoms with Gasteiger partial charge in [-0.2, -0.15) is 28.1 Å². The molecule has 0 saturated heterocycles. The fourth-order valence-corrected chi connectivity index (χ4v) is 3.97. The Morgan fingerprint density at radius 3 is 2.19 bits per heavy atom. The van der Waals surface area contributed by atoms with E-state index in [1.54, 1.807) is 12.1 Å². The monoisotopic (exact) mass is 622 g/mol. The maximum absolute atomic E-state index is 12.8. The topological polar surface area (TPSA) is 179 Å². The van der Waals surface area contributed by atoms with E-state index in [0.29, 0.717) is 16.4 Å². The van der Waals surface area contributed by atoms with Crippen LogP contribution in [0.25, 0.3) is 0 Å². The average molecular weight is 623 g/mol. The molecule has 3 aromatic rings. The molecule has 0 spiro atoms. The van der Waals surface area contributed by atoms with Crippen molar-refractivity contribution in [1.82, 2.24) is 25.6 Å². The van der Waals surface area contributed by atoms with Gasteiger partial charge in [-0.25, -0.2) is 4.79 Å². The summed E-state index contributed by atoms with van der Waals surface area (Å²) in [5, 5.41) is 23.1. The molecule has 13 nitrogen and oxygen atoms in total. The third kappa shape index (κ3) is 8.81. The van der Waals surface area contributed by atoms with Gasteiger partial charge < -0.3 is 36.4 Å². The van der Waals surface area contributed by atoms with Crippen LogP contribution >= 0.6 is 11.6 Å². The molecule has 1 atom stereocenters. The zero-order valence-electron chi connectivity index (χ0n) is 22.5. The molecule has 2 amide bonds. The van der Waals surface area contributed by atoms with Gasteiger partial charge in [0, 0.05) is 30.0 Å². The van der Waals surface area contributed by atoms with Crippen molar-refractivity contribution in [2.75, 3.05) is 36.1 Å². The van der Waals surface area contributed by atoms with Crippen molar-refractivity contribution in [1.29, 1.82) is 0 Å². The summed E-state index contributed by atoms with van der Waals surface area (Å²) in [7, 11) is 1.26. The van der Waals surface area contributed by atoms with E-state index in [2.05, 4.69) is 41.5 Å². The summed E-state index contributed by atoms with van der Waals surface area (Å²) in [6.45, 7) is -1.98. The number of carbonyl (C=O) groups excluding carboxylic acids is 2. The van der Waals surface area contributed by atoms with Crippen LogP contribution in [-0.4, -0.2) is 70.3 Å². The molecule has 1 aromatic heterocycles. The number of likely N-dealkylation sites (N-methyl/N-ethyl adjacent to an activating group) is 1. The Labute approximate surface area is 247 Å². The molecular formula is C26H26ClF3N8O5. The lowest BCUT2D eigenvalue weighted by Gasteiger charge is -2.19. The molecule has 1 aliphatic carbocycles. The predicted octanol–water partition coefficient (Wildman–Crippen LogP) is 3.04. The van der Waals surface area contributed by atoms with E-state index in [1.165, 1.54) is 31.3 Å². The number of benzene rings is 2. The number of carbonyl (C=O) groups is 3. The molecule has 1 heterocycles. The Bertz CT molecular complexity index is 1470. The number of alkyl halides is 3. The fraction of sp³-hybridized carbons (Fsp3) is 0.308. The minimum atomic E-state index is -4.61. The summed E-state index contributed by atoms with van der Waals surface area (Å²) < 4.78 is 43.3. The number of aromatic nitrogens is 3. The molecule has 1 fully saturated rings. The molecule has 1 aliphatic rings. The van der Waals surface area contributed by atoms with Gasteiger partial charge in [0.05, 0.1) is 5.54 Å². The van der Waals surface area contributed by atoms with Gasteiger partial charge in [-0.1, -0.05) is 23.7 Å². The Balaban J connectivity index is 1.48. The third-order valence-electron chi connectivity index (χ3n) is 6.16. The normalized spacial score (nSPS) is 14.2. The first-order valence-corrected chi connectivity index (χ1v) is 13.1. The molecule has 43 heavy (non-hydrogen) atoms. The van der Waals surface area contributed by atoms with Gasteiger partial charge in [0.25, 0.3) is 0 Å². The van der Waals surface area contributed by atoms with Crippen LogP contribution in [0.15, 0.2) is 48.5 Å². The highest BCUT2D eigenvalue weighted by atomic mass is 35.5. The van der Waals surface area contributed by atoms with Gasteiger partial charge >= 0.3 is 30.0 Å². The van der Waals surface area contributed by atoms with Crippen LogP contribution in [0.3, 0.4) is 0 Å². The zero-order chi connectivity index (χ0) is 31.2. The van der Waals surface area contributed by atoms with Crippen LogP contribution < -0.4 is 31.3 Å². The molecule has 0 unspecified atom stereocenters. The number of anilines is 4. The number of rotatable bonds is 12. The lowest BCUT2D eigenvalue weighted by Crippen LogP contribution is -2.46. The highest BCUT2D eigenvalue weighted by molar-refractivity contribution is 6.35. The van der Waals surface area contributed by atoms with E-state index in [9.17, 15) is 32.7 Å². The van der Waals surface area contributed by atoms with Crippen molar-refractivity contribution in [2.45, 2.75) is 30.6 Å². The number of hydrogen-bond donors (Lipinski definition) is 6. The standard InChI is InChI=1S/C26H26ClF3N8O5/c1-31-19(39)20(40)32-12-18(21(41)42)33-16-6-8-17(9-7-16)34-22-35-23(37-24(36-22)43-13-26(28,29)30)38-25(10-11-25)14-2-4-15(27)5-3-14/h2-9,18,33H,10-13H2,1H3,(H,31,39)(H,32,40)(H,41,42)(H2,34,35,36,37,38)/t18-/m0/s1. The van der Waals surface area contributed by atoms with E-state index in [-0.39, 0.29) is 18.4 Å². The Hall–Kier alpha value is -4.86. The molecule has 2 aromatic carbocycles. The first-order valence-electron chi connectivity index (χ1n) is 12.7. The van der Waals surface area contributed by atoms with Crippen molar-refractivity contribution in [3.8, 4) is 6.01 Å². The maximum Gasteiger partial charge on any atom is 0.422 e. The van der Waals surface area contributed by atoms with Crippen molar-refractivity contribution < 1.29 is 37.4 Å². The number of carboxylic acids is 1. The first kappa shape index (κ1) is 31.1. The Morgan fingerprint density at radius 2 is 1.60 bits per heavy atom. The number of hydrogen-bond acceptors (Lipinski definition) is 10. The fourth-order valence-electron chi connectivity index (χ4n) is 3.84. The van der Waals surface area contributed by atoms with Gasteiger partial charge in [-0.05, 0) is 54.8 Å². The number of halogens is 4. The highest BCUT2D eigenvalue weighted by Gasteiger charge is 2.45. The van der Waals surface area contributed by atoms with E-state index in [1.807, 2.05) is 12.1 Å². The molecule has 6 N–H and O–H groups in total. The number of nitrogens with zero attached hydrogens (tertiary/aromatic N) is 3. The van der Waals surface area contributed by atoms with Gasteiger partial charge in [0.1, 0.15) is 6.04 Å². The minimum absolute atomic E-state index is 0.0106. The van der Waals surface area contributed by atoms with Crippen LogP contribution in [-0.2, 0) is 19.9 Å². The lowest BCUT2D eigenvalue weighted by molar-refractivity contribution is -0.154. The first-order chi connectivity index (χ1) is 20.4. The zero-order valence-corrected chi connectivity index (χ0v) is 23.2. The Morgan fingerprint density at radius 1 is 0.977 bits per heavy atom. The van der Waals surface area contributed by atoms with E-state index in [0.717, 1.165) is 18.4 Å². The van der Waals surface area contributed by atoms with Crippen LogP contribution in [0.1, 0.15) is 18.4 Å². The molecule has 1 saturated carbocycles. The molecule has 17 heteroatoms. The summed E-state index contributed by atoms with van der Waals surface area (Å²) in [5.41, 5.74) is 1.14. The summed E-state index contributed by atoms with van der Waals surface area (Å²) >= 11 is 5.99. The third-order valence-corrected chi connectivity index (χ3v) is 6.41. The number of aliphatic carboxylic acids is 1. The molecule has 4 rings (SSSR count). The number of nitrogens with one attached hydrogen (secondary N) is 5. The summed E-state index contributed by atoms with van der Waals surface area (Å²) in [4.78, 5) is 46.8. The second kappa shape index (κ2) is 13.0. The van der Waals surface area contributed by atoms with Crippen LogP contribution in [0.4, 0.5) is 36.4 Å². The van der Waals surface area contributed by atoms with Gasteiger partial charge in [-0.15, -0.1) is 0 Å². The predicted molar refractivity (Wildman–Crippen MR) is 149 cm³/mol. The lowest BCUT2D eigenvalue weighted by atomic mass is 10.1. The molecule has 0 bridgehead atoms. The number of ether oxygens (including phenoxy) is 1. The minimum Gasteiger partial charge on any atom is -0.480 e. The second-order valence-electron chi connectivity index (χ2n) is 9.41. The largest absolute Gasteiger partial charge is 0.480 e. The average Bonchev–Trinajstić information content (AvgIpc) is 3.74. The molecular weight excluding hydrogens is 597 g/mol. The van der Waals surface area contributed by atoms with Crippen molar-refractivity contribution in [3.63, 3.8) is 0 Å². The maximum atomic E-state index is 12.8. The van der Waals surface area contributed by atoms with Crippen molar-refractivity contribution >= 4 is 52.7 Å². The van der Waals surface area contributed by atoms with Crippen LogP contribution in [0.2, 0.25) is 5.02 Å². The van der Waals surface area contributed by atoms with Crippen LogP contribution in [0.5, 0.6) is 6.01 Å². The summed E-state index contributed by atoms with van der Waals surface area (Å²) in [6, 6.07) is 11.4. The quantitative estimate of drug-likeness (QED) is 0.163. The molecule has 228 valence electrons. The van der Waals surface area contributed by atoms with Gasteiger partial charge in [0.15, 0.2) is 6.61 Å². The molecule has 0 aliphatic heterocycles. The van der Waals surface area contributed by atoms with Crippen molar-refractivity contribution in [2.24, 2.45) is 0 Å². The van der Waals surface area contributed by atoms with E-state index < -0.39 is 48.2 Å². The van der Waals surface area contributed by atoms with Crippen molar-refractivity contribution in [3.05, 3.63) is 59.1 Å². The number of amides is 2. The summed E-state index contributed by atoms with van der Waals surface area (Å²) in [5.74, 6) is -3.30. The van der Waals surface area contributed by atoms with E-state index in [4.69, 9.17) is 16.3 Å². The van der Waals surface area contributed by atoms with Crippen LogP contribution in [0, 0.1) is 0 Å². The number of carboxylic acid groups (broad SMARTS) is 1. The highest BCUT2D eigenvalue weighted by Crippen LogP contribution is 2.48. The van der Waals surface area contributed by atoms with Gasteiger partial charge in [0.2, 0.25) is 11.9 Å². The Kier molecular flexibility index (Phi) is 9.38. The smallest absolute Gasteiger partial charge is 0.422 e. The van der Waals surface area contributed by atoms with E-state index >= 15 is 0 Å².